The highest BCUT2D eigenvalue weighted by Crippen LogP contribution is 2.39. The van der Waals surface area contributed by atoms with Gasteiger partial charge in [-0.15, -0.1) is 0 Å². The quantitative estimate of drug-likeness (QED) is 0.0547. The van der Waals surface area contributed by atoms with Crippen molar-refractivity contribution in [1.29, 1.82) is 0 Å². The second-order valence-electron chi connectivity index (χ2n) is 9.89. The second kappa shape index (κ2) is 21.2. The maximum Gasteiger partial charge on any atom is 0.188 e. The summed E-state index contributed by atoms with van der Waals surface area (Å²) in [5.74, 6) is 0.120. The lowest BCUT2D eigenvalue weighted by Crippen LogP contribution is -2.42. The first-order chi connectivity index (χ1) is 17.8. The van der Waals surface area contributed by atoms with Gasteiger partial charge in [0.15, 0.2) is 13.6 Å². The summed E-state index contributed by atoms with van der Waals surface area (Å²) in [6.45, 7) is 17.2. The zero-order chi connectivity index (χ0) is 28.0. The van der Waals surface area contributed by atoms with Crippen molar-refractivity contribution >= 4 is 0 Å². The monoisotopic (exact) mass is 530 g/mol. The molecule has 0 amide bonds. The molecule has 216 valence electrons. The average Bonchev–Trinajstić information content (AvgIpc) is 2.92. The van der Waals surface area contributed by atoms with Crippen molar-refractivity contribution < 1.29 is 44.1 Å². The first-order valence-electron chi connectivity index (χ1n) is 12.7. The summed E-state index contributed by atoms with van der Waals surface area (Å²) in [4.78, 5) is 0. The van der Waals surface area contributed by atoms with Crippen molar-refractivity contribution in [2.75, 3.05) is 66.4 Å². The van der Waals surface area contributed by atoms with Crippen LogP contribution in [0.4, 0.5) is 0 Å². The van der Waals surface area contributed by atoms with E-state index in [2.05, 4.69) is 26.3 Å². The van der Waals surface area contributed by atoms with Crippen LogP contribution < -0.4 is 0 Å². The fourth-order valence-corrected chi connectivity index (χ4v) is 3.73. The molecule has 4 N–H and O–H groups in total. The summed E-state index contributed by atoms with van der Waals surface area (Å²) in [6, 6.07) is 0. The summed E-state index contributed by atoms with van der Waals surface area (Å²) >= 11 is 0. The van der Waals surface area contributed by atoms with Gasteiger partial charge in [-0.05, 0) is 49.9 Å². The fraction of sp³-hybridized carbons (Fsp3) is 0.714. The van der Waals surface area contributed by atoms with Crippen molar-refractivity contribution in [1.82, 2.24) is 0 Å². The Bertz CT molecular complexity index is 599. The van der Waals surface area contributed by atoms with Crippen LogP contribution in [0.25, 0.3) is 0 Å². The predicted octanol–water partition coefficient (Wildman–Crippen LogP) is 3.30. The molecule has 0 radical (unpaired) electrons. The van der Waals surface area contributed by atoms with Crippen LogP contribution >= 0.6 is 0 Å². The van der Waals surface area contributed by atoms with Gasteiger partial charge >= 0.3 is 0 Å². The van der Waals surface area contributed by atoms with Gasteiger partial charge in [-0.2, -0.15) is 0 Å². The highest BCUT2D eigenvalue weighted by atomic mass is 16.7. The Kier molecular flexibility index (Phi) is 20.3. The Labute approximate surface area is 223 Å². The Morgan fingerprint density at radius 3 is 1.59 bits per heavy atom. The minimum Gasteiger partial charge on any atom is -0.476 e. The lowest BCUT2D eigenvalue weighted by atomic mass is 9.73. The molecule has 0 aliphatic heterocycles. The fourth-order valence-electron chi connectivity index (χ4n) is 3.73. The van der Waals surface area contributed by atoms with E-state index >= 15 is 0 Å². The van der Waals surface area contributed by atoms with E-state index in [-0.39, 0.29) is 71.2 Å². The molecule has 0 heterocycles. The van der Waals surface area contributed by atoms with Crippen molar-refractivity contribution in [3.05, 3.63) is 50.0 Å². The smallest absolute Gasteiger partial charge is 0.188 e. The molecular formula is C28H50O9. The third-order valence-corrected chi connectivity index (χ3v) is 6.45. The molecule has 9 nitrogen and oxygen atoms in total. The molecule has 0 saturated carbocycles. The highest BCUT2D eigenvalue weighted by molar-refractivity contribution is 4.99. The van der Waals surface area contributed by atoms with Gasteiger partial charge in [-0.25, -0.2) is 0 Å². The van der Waals surface area contributed by atoms with Crippen LogP contribution in [0.5, 0.6) is 0 Å². The molecule has 0 aromatic heterocycles. The minimum absolute atomic E-state index is 0.0239. The normalized spacial score (nSPS) is 12.7. The van der Waals surface area contributed by atoms with E-state index in [4.69, 9.17) is 23.7 Å². The molecule has 1 unspecified atom stereocenters. The second-order valence-corrected chi connectivity index (χ2v) is 9.89. The van der Waals surface area contributed by atoms with Gasteiger partial charge in [0.1, 0.15) is 0 Å². The number of ether oxygens (including phenoxy) is 5. The molecular weight excluding hydrogens is 480 g/mol. The topological polar surface area (TPSA) is 127 Å². The van der Waals surface area contributed by atoms with Gasteiger partial charge < -0.3 is 44.1 Å². The van der Waals surface area contributed by atoms with Crippen molar-refractivity contribution in [3.8, 4) is 0 Å². The summed E-state index contributed by atoms with van der Waals surface area (Å²) in [5.41, 5.74) is 0.274. The maximum atomic E-state index is 10.3. The number of hydrogen-bond acceptors (Lipinski definition) is 9. The number of aliphatic hydroxyl groups excluding tert-OH is 4. The Balaban J connectivity index is 5.67. The van der Waals surface area contributed by atoms with Crippen LogP contribution in [-0.2, 0) is 23.7 Å². The molecule has 0 aromatic carbocycles. The van der Waals surface area contributed by atoms with E-state index < -0.39 is 5.41 Å². The van der Waals surface area contributed by atoms with E-state index in [0.29, 0.717) is 32.3 Å². The van der Waals surface area contributed by atoms with Gasteiger partial charge in [0, 0.05) is 6.61 Å². The van der Waals surface area contributed by atoms with Crippen molar-refractivity contribution in [2.45, 2.75) is 45.4 Å². The van der Waals surface area contributed by atoms with E-state index in [9.17, 15) is 20.4 Å². The minimum atomic E-state index is -0.872. The number of rotatable bonds is 27. The van der Waals surface area contributed by atoms with Crippen LogP contribution in [0.2, 0.25) is 0 Å². The molecule has 0 aliphatic rings. The first kappa shape index (κ1) is 35.3. The van der Waals surface area contributed by atoms with Gasteiger partial charge in [0.2, 0.25) is 0 Å². The SMILES string of the molecule is C=COCOCC(CO)(COCOC=C)COCC(CCC(=C)CO)(CCC(=C)CO)CCC(C)CO. The van der Waals surface area contributed by atoms with Gasteiger partial charge in [-0.1, -0.05) is 44.4 Å². The molecule has 0 rings (SSSR count). The molecule has 0 saturated heterocycles. The van der Waals surface area contributed by atoms with Crippen LogP contribution in [0.3, 0.4) is 0 Å². The molecule has 0 spiro atoms. The Morgan fingerprint density at radius 1 is 0.730 bits per heavy atom. The van der Waals surface area contributed by atoms with E-state index in [1.165, 1.54) is 12.5 Å². The molecule has 1 atom stereocenters. The molecule has 0 fully saturated rings. The summed E-state index contributed by atoms with van der Waals surface area (Å²) in [5, 5.41) is 38.9. The molecule has 0 aliphatic carbocycles. The zero-order valence-corrected chi connectivity index (χ0v) is 22.7. The molecule has 37 heavy (non-hydrogen) atoms. The molecule has 9 heteroatoms. The molecule has 0 aromatic rings. The highest BCUT2D eigenvalue weighted by Gasteiger charge is 2.35. The predicted molar refractivity (Wildman–Crippen MR) is 143 cm³/mol. The van der Waals surface area contributed by atoms with E-state index in [1.807, 2.05) is 6.92 Å². The largest absolute Gasteiger partial charge is 0.476 e. The summed E-state index contributed by atoms with van der Waals surface area (Å²) < 4.78 is 27.5. The van der Waals surface area contributed by atoms with Crippen LogP contribution in [0, 0.1) is 16.7 Å². The van der Waals surface area contributed by atoms with Crippen molar-refractivity contribution in [2.24, 2.45) is 16.7 Å². The van der Waals surface area contributed by atoms with Gasteiger partial charge in [0.25, 0.3) is 0 Å². The lowest BCUT2D eigenvalue weighted by molar-refractivity contribution is -0.142. The Hall–Kier alpha value is -1.72. The van der Waals surface area contributed by atoms with Gasteiger partial charge in [0.05, 0.1) is 64.2 Å². The van der Waals surface area contributed by atoms with E-state index in [1.54, 1.807) is 0 Å². The van der Waals surface area contributed by atoms with Crippen LogP contribution in [0.15, 0.2) is 50.0 Å². The standard InChI is InChI=1S/C28H50O9/c1-6-33-22-36-20-28(17-32,21-37-23-34-7-2)19-35-18-27(11-8-24(3)14-29,12-9-25(4)15-30)13-10-26(5)16-31/h6-7,26,29-32H,1-4,8-23H2,5H3. The third-order valence-electron chi connectivity index (χ3n) is 6.45. The summed E-state index contributed by atoms with van der Waals surface area (Å²) in [7, 11) is 0. The van der Waals surface area contributed by atoms with Crippen LogP contribution in [0.1, 0.15) is 45.4 Å². The zero-order valence-electron chi connectivity index (χ0n) is 22.7. The van der Waals surface area contributed by atoms with Gasteiger partial charge in [-0.3, -0.25) is 0 Å². The number of hydrogen-bond donors (Lipinski definition) is 4. The Morgan fingerprint density at radius 2 is 1.19 bits per heavy atom. The van der Waals surface area contributed by atoms with Crippen molar-refractivity contribution in [3.63, 3.8) is 0 Å². The maximum absolute atomic E-state index is 10.3. The lowest BCUT2D eigenvalue weighted by Gasteiger charge is -2.37. The molecule has 0 bridgehead atoms. The average molecular weight is 531 g/mol. The first-order valence-corrected chi connectivity index (χ1v) is 12.7. The van der Waals surface area contributed by atoms with E-state index in [0.717, 1.165) is 24.0 Å². The number of aliphatic hydroxyl groups is 4. The van der Waals surface area contributed by atoms with Crippen LogP contribution in [-0.4, -0.2) is 86.9 Å². The summed E-state index contributed by atoms with van der Waals surface area (Å²) in [6.07, 6.45) is 6.76. The third kappa shape index (κ3) is 16.0.